The summed E-state index contributed by atoms with van der Waals surface area (Å²) < 4.78 is 8.44. The fourth-order valence-electron chi connectivity index (χ4n) is 0.263. The van der Waals surface area contributed by atoms with Gasteiger partial charge in [0.05, 0.1) is 6.61 Å². The van der Waals surface area contributed by atoms with E-state index >= 15 is 0 Å². The van der Waals surface area contributed by atoms with Crippen molar-refractivity contribution in [2.24, 2.45) is 0 Å². The Hall–Kier alpha value is -1.17. The monoisotopic (exact) mass is 128 g/mol. The highest BCUT2D eigenvalue weighted by atomic mass is 16.7. The van der Waals surface area contributed by atoms with Crippen LogP contribution in [-0.2, 0) is 9.47 Å². The maximum atomic E-state index is 10.2. The number of carbonyl (C=O) groups is 1. The fraction of sp³-hybridized carbons (Fsp3) is 0.500. The van der Waals surface area contributed by atoms with Crippen LogP contribution >= 0.6 is 0 Å². The summed E-state index contributed by atoms with van der Waals surface area (Å²) in [5, 5.41) is 0. The second-order valence-corrected chi connectivity index (χ2v) is 1.32. The Morgan fingerprint density at radius 1 is 1.78 bits per heavy atom. The van der Waals surface area contributed by atoms with Gasteiger partial charge in [-0.3, -0.25) is 0 Å². The van der Waals surface area contributed by atoms with Crippen LogP contribution in [0.15, 0.2) is 0 Å². The first-order chi connectivity index (χ1) is 4.31. The molecule has 0 heterocycles. The molecule has 0 saturated carbocycles. The summed E-state index contributed by atoms with van der Waals surface area (Å²) in [6, 6.07) is 0. The molecule has 0 fully saturated rings. The molecule has 0 amide bonds. The van der Waals surface area contributed by atoms with E-state index in [0.717, 1.165) is 6.42 Å². The van der Waals surface area contributed by atoms with Gasteiger partial charge in [-0.1, -0.05) is 13.3 Å². The highest BCUT2D eigenvalue weighted by Crippen LogP contribution is 1.84. The first kappa shape index (κ1) is 7.83. The molecule has 0 rings (SSSR count). The molecule has 0 aromatic rings. The van der Waals surface area contributed by atoms with Crippen molar-refractivity contribution in [2.75, 3.05) is 6.61 Å². The number of ether oxygens (including phenoxy) is 2. The Labute approximate surface area is 54.0 Å². The first-order valence-corrected chi connectivity index (χ1v) is 2.60. The average molecular weight is 128 g/mol. The number of hydrogen-bond donors (Lipinski definition) is 0. The fourth-order valence-corrected chi connectivity index (χ4v) is 0.263. The maximum absolute atomic E-state index is 10.2. The Kier molecular flexibility index (Phi) is 4.33. The molecule has 0 spiro atoms. The average Bonchev–Trinajstić information content (AvgIpc) is 1.85. The van der Waals surface area contributed by atoms with Crippen LogP contribution in [0.1, 0.15) is 13.3 Å². The lowest BCUT2D eigenvalue weighted by Gasteiger charge is -1.96. The van der Waals surface area contributed by atoms with Gasteiger partial charge in [-0.2, -0.15) is 0 Å². The van der Waals surface area contributed by atoms with E-state index < -0.39 is 6.16 Å². The van der Waals surface area contributed by atoms with Crippen LogP contribution in [0, 0.1) is 12.5 Å². The van der Waals surface area contributed by atoms with Crippen molar-refractivity contribution >= 4 is 6.16 Å². The SMILES string of the molecule is C#COC(=O)OCCC. The molecule has 0 radical (unpaired) electrons. The normalized spacial score (nSPS) is 7.56. The van der Waals surface area contributed by atoms with Crippen molar-refractivity contribution < 1.29 is 14.3 Å². The van der Waals surface area contributed by atoms with Gasteiger partial charge in [-0.25, -0.2) is 4.79 Å². The van der Waals surface area contributed by atoms with Crippen LogP contribution in [0.2, 0.25) is 0 Å². The van der Waals surface area contributed by atoms with Gasteiger partial charge in [0.15, 0.2) is 0 Å². The molecule has 0 atom stereocenters. The third-order valence-electron chi connectivity index (χ3n) is 0.566. The van der Waals surface area contributed by atoms with Crippen molar-refractivity contribution in [3.05, 3.63) is 0 Å². The summed E-state index contributed by atoms with van der Waals surface area (Å²) in [6.07, 6.45) is 6.29. The first-order valence-electron chi connectivity index (χ1n) is 2.60. The Bertz CT molecular complexity index is 123. The zero-order valence-corrected chi connectivity index (χ0v) is 5.22. The molecule has 0 aliphatic carbocycles. The standard InChI is InChI=1S/C6H8O3/c1-3-5-9-6(7)8-4-2/h2H,3,5H2,1H3. The van der Waals surface area contributed by atoms with Crippen molar-refractivity contribution in [3.8, 4) is 12.5 Å². The Morgan fingerprint density at radius 3 is 2.89 bits per heavy atom. The maximum Gasteiger partial charge on any atom is 0.522 e. The third kappa shape index (κ3) is 4.69. The zero-order chi connectivity index (χ0) is 7.11. The predicted octanol–water partition coefficient (Wildman–Crippen LogP) is 1.14. The van der Waals surface area contributed by atoms with Crippen LogP contribution < -0.4 is 0 Å². The minimum atomic E-state index is -0.806. The molecular formula is C6H8O3. The summed E-state index contributed by atoms with van der Waals surface area (Å²) in [5.41, 5.74) is 0. The van der Waals surface area contributed by atoms with E-state index in [2.05, 4.69) is 15.9 Å². The summed E-state index contributed by atoms with van der Waals surface area (Å²) >= 11 is 0. The van der Waals surface area contributed by atoms with E-state index in [9.17, 15) is 4.79 Å². The van der Waals surface area contributed by atoms with Crippen molar-refractivity contribution in [2.45, 2.75) is 13.3 Å². The van der Waals surface area contributed by atoms with Crippen LogP contribution in [0.4, 0.5) is 4.79 Å². The topological polar surface area (TPSA) is 35.5 Å². The predicted molar refractivity (Wildman–Crippen MR) is 31.6 cm³/mol. The van der Waals surface area contributed by atoms with Crippen molar-refractivity contribution in [3.63, 3.8) is 0 Å². The van der Waals surface area contributed by atoms with E-state index in [1.54, 1.807) is 6.11 Å². The molecular weight excluding hydrogens is 120 g/mol. The summed E-state index contributed by atoms with van der Waals surface area (Å²) in [7, 11) is 0. The molecule has 0 aliphatic rings. The molecule has 9 heavy (non-hydrogen) atoms. The summed E-state index contributed by atoms with van der Waals surface area (Å²) in [4.78, 5) is 10.2. The minimum absolute atomic E-state index is 0.348. The van der Waals surface area contributed by atoms with E-state index in [1.165, 1.54) is 0 Å². The molecule has 0 unspecified atom stereocenters. The highest BCUT2D eigenvalue weighted by Gasteiger charge is 1.97. The van der Waals surface area contributed by atoms with Gasteiger partial charge < -0.3 is 9.47 Å². The zero-order valence-electron chi connectivity index (χ0n) is 5.22. The van der Waals surface area contributed by atoms with Crippen LogP contribution in [0.5, 0.6) is 0 Å². The molecule has 3 nitrogen and oxygen atoms in total. The number of terminal acetylenes is 1. The lowest BCUT2D eigenvalue weighted by molar-refractivity contribution is 0.0904. The van der Waals surface area contributed by atoms with E-state index in [1.807, 2.05) is 6.92 Å². The van der Waals surface area contributed by atoms with Crippen LogP contribution in [-0.4, -0.2) is 12.8 Å². The van der Waals surface area contributed by atoms with Gasteiger partial charge in [-0.15, -0.1) is 0 Å². The summed E-state index contributed by atoms with van der Waals surface area (Å²) in [6.45, 7) is 2.23. The Balaban J connectivity index is 3.19. The molecule has 0 N–H and O–H groups in total. The number of hydrogen-bond acceptors (Lipinski definition) is 3. The van der Waals surface area contributed by atoms with Gasteiger partial charge in [0.1, 0.15) is 6.11 Å². The third-order valence-corrected chi connectivity index (χ3v) is 0.566. The lowest BCUT2D eigenvalue weighted by Crippen LogP contribution is -2.03. The van der Waals surface area contributed by atoms with Gasteiger partial charge in [0.25, 0.3) is 0 Å². The molecule has 50 valence electrons. The second-order valence-electron chi connectivity index (χ2n) is 1.32. The van der Waals surface area contributed by atoms with Gasteiger partial charge in [0.2, 0.25) is 0 Å². The Morgan fingerprint density at radius 2 is 2.44 bits per heavy atom. The smallest absolute Gasteiger partial charge is 0.433 e. The van der Waals surface area contributed by atoms with E-state index in [-0.39, 0.29) is 0 Å². The number of carbonyl (C=O) groups excluding carboxylic acids is 1. The molecule has 0 aromatic carbocycles. The molecule has 0 saturated heterocycles. The van der Waals surface area contributed by atoms with E-state index in [0.29, 0.717) is 6.61 Å². The lowest BCUT2D eigenvalue weighted by atomic mass is 10.5. The molecule has 0 aliphatic heterocycles. The molecule has 3 heteroatoms. The molecule has 0 bridgehead atoms. The van der Waals surface area contributed by atoms with Crippen molar-refractivity contribution in [1.29, 1.82) is 0 Å². The van der Waals surface area contributed by atoms with Crippen molar-refractivity contribution in [1.82, 2.24) is 0 Å². The van der Waals surface area contributed by atoms with Crippen LogP contribution in [0.3, 0.4) is 0 Å². The van der Waals surface area contributed by atoms with Crippen LogP contribution in [0.25, 0.3) is 0 Å². The van der Waals surface area contributed by atoms with E-state index in [4.69, 9.17) is 0 Å². The van der Waals surface area contributed by atoms with Gasteiger partial charge in [0, 0.05) is 0 Å². The second kappa shape index (κ2) is 4.98. The largest absolute Gasteiger partial charge is 0.522 e. The molecule has 0 aromatic heterocycles. The van der Waals surface area contributed by atoms with Gasteiger partial charge in [-0.05, 0) is 6.42 Å². The number of rotatable bonds is 2. The summed E-state index contributed by atoms with van der Waals surface area (Å²) in [5.74, 6) is 0. The highest BCUT2D eigenvalue weighted by molar-refractivity contribution is 5.61. The minimum Gasteiger partial charge on any atom is -0.433 e. The van der Waals surface area contributed by atoms with Gasteiger partial charge >= 0.3 is 6.16 Å². The quantitative estimate of drug-likeness (QED) is 0.413.